The highest BCUT2D eigenvalue weighted by atomic mass is 16.8. The predicted octanol–water partition coefficient (Wildman–Crippen LogP) is 0.528. The first-order valence-corrected chi connectivity index (χ1v) is 14.9. The van der Waals surface area contributed by atoms with Crippen LogP contribution >= 0.6 is 0 Å². The molecule has 16 atom stereocenters. The van der Waals surface area contributed by atoms with Crippen molar-refractivity contribution in [2.75, 3.05) is 20.8 Å². The number of aliphatic hydroxyl groups is 4. The molecule has 0 bridgehead atoms. The number of rotatable bonds is 6. The van der Waals surface area contributed by atoms with Crippen LogP contribution in [-0.4, -0.2) is 108 Å². The van der Waals surface area contributed by atoms with Crippen LogP contribution in [0.5, 0.6) is 0 Å². The van der Waals surface area contributed by atoms with Crippen molar-refractivity contribution in [3.8, 4) is 0 Å². The summed E-state index contributed by atoms with van der Waals surface area (Å²) in [5, 5.41) is 40.8. The number of carbonyl (C=O) groups excluding carboxylic acids is 2. The molecule has 5 aliphatic rings. The van der Waals surface area contributed by atoms with Gasteiger partial charge in [-0.25, -0.2) is 0 Å². The average molecular weight is 599 g/mol. The second-order valence-electron chi connectivity index (χ2n) is 13.3. The lowest BCUT2D eigenvalue weighted by molar-refractivity contribution is -0.380. The highest BCUT2D eigenvalue weighted by molar-refractivity contribution is 5.99. The number of allylic oxidation sites excluding steroid dienone is 2. The van der Waals surface area contributed by atoms with Crippen molar-refractivity contribution in [3.63, 3.8) is 0 Å². The van der Waals surface area contributed by atoms with E-state index in [1.165, 1.54) is 14.0 Å². The molecule has 5 rings (SSSR count). The molecule has 2 heterocycles. The summed E-state index contributed by atoms with van der Waals surface area (Å²) in [5.41, 5.74) is -1.60. The Hall–Kier alpha value is -1.64. The van der Waals surface area contributed by atoms with Gasteiger partial charge in [-0.3, -0.25) is 9.59 Å². The highest BCUT2D eigenvalue weighted by Gasteiger charge is 2.73. The van der Waals surface area contributed by atoms with Crippen molar-refractivity contribution >= 4 is 11.8 Å². The number of ether oxygens (including phenoxy) is 6. The number of ketones is 1. The average Bonchev–Trinajstić information content (AvgIpc) is 2.93. The fourth-order valence-corrected chi connectivity index (χ4v) is 9.39. The van der Waals surface area contributed by atoms with Crippen LogP contribution < -0.4 is 0 Å². The highest BCUT2D eigenvalue weighted by Crippen LogP contribution is 2.69. The lowest BCUT2D eigenvalue weighted by atomic mass is 9.38. The van der Waals surface area contributed by atoms with E-state index < -0.39 is 84.6 Å². The molecule has 238 valence electrons. The molecule has 0 radical (unpaired) electrons. The molecule has 2 saturated heterocycles. The molecule has 4 fully saturated rings. The number of esters is 1. The van der Waals surface area contributed by atoms with Gasteiger partial charge < -0.3 is 48.8 Å². The van der Waals surface area contributed by atoms with Crippen LogP contribution in [0, 0.1) is 40.4 Å². The molecular weight excluding hydrogens is 552 g/mol. The molecule has 0 unspecified atom stereocenters. The van der Waals surface area contributed by atoms with Crippen LogP contribution in [0.2, 0.25) is 0 Å². The Morgan fingerprint density at radius 1 is 1.02 bits per heavy atom. The number of hydrogen-bond acceptors (Lipinski definition) is 12. The van der Waals surface area contributed by atoms with Crippen LogP contribution in [0.3, 0.4) is 0 Å². The monoisotopic (exact) mass is 598 g/mol. The summed E-state index contributed by atoms with van der Waals surface area (Å²) in [6.07, 6.45) is -6.98. The van der Waals surface area contributed by atoms with E-state index in [1.54, 1.807) is 7.11 Å². The van der Waals surface area contributed by atoms with Crippen LogP contribution in [0.4, 0.5) is 0 Å². The van der Waals surface area contributed by atoms with Crippen molar-refractivity contribution in [2.45, 2.75) is 103 Å². The first kappa shape index (κ1) is 31.8. The SMILES string of the molecule is COC1=C[C@@H](C)[C@@H]2C[C@H]3O[C@@H](O[C@H]4O[C@@H](CO)[C@H](O)[C@@H](O)[C@@H]4O)C[C@H]4[C@@H](C)[C@H](OC)[C@@H](OC(C)=O)[C@H]([C@@]2(C)C1=O)[C@@]34C. The van der Waals surface area contributed by atoms with E-state index in [1.807, 2.05) is 26.8 Å². The largest absolute Gasteiger partial charge is 0.493 e. The third kappa shape index (κ3) is 4.56. The quantitative estimate of drug-likeness (QED) is 0.313. The number of Topliss-reactive ketones (excluding diaryl/α,β-unsaturated/α-hetero) is 1. The second kappa shape index (κ2) is 11.4. The number of methoxy groups -OCH3 is 2. The van der Waals surface area contributed by atoms with E-state index in [-0.39, 0.29) is 29.5 Å². The van der Waals surface area contributed by atoms with E-state index in [4.69, 9.17) is 28.4 Å². The number of aliphatic hydroxyl groups excluding tert-OH is 4. The molecule has 42 heavy (non-hydrogen) atoms. The first-order valence-electron chi connectivity index (χ1n) is 14.9. The summed E-state index contributed by atoms with van der Waals surface area (Å²) in [6, 6.07) is 0. The number of hydrogen-bond donors (Lipinski definition) is 4. The summed E-state index contributed by atoms with van der Waals surface area (Å²) in [4.78, 5) is 26.7. The van der Waals surface area contributed by atoms with Crippen LogP contribution in [0.1, 0.15) is 47.5 Å². The summed E-state index contributed by atoms with van der Waals surface area (Å²) < 4.78 is 36.0. The number of carbonyl (C=O) groups is 2. The fourth-order valence-electron chi connectivity index (χ4n) is 9.39. The van der Waals surface area contributed by atoms with E-state index in [9.17, 15) is 30.0 Å². The Morgan fingerprint density at radius 3 is 2.31 bits per heavy atom. The maximum Gasteiger partial charge on any atom is 0.303 e. The van der Waals surface area contributed by atoms with Crippen LogP contribution in [-0.2, 0) is 38.0 Å². The van der Waals surface area contributed by atoms with Crippen molar-refractivity contribution in [1.29, 1.82) is 0 Å². The molecular formula is C30H46O12. The Labute approximate surface area is 246 Å². The minimum absolute atomic E-state index is 0.0562. The Bertz CT molecular complexity index is 1080. The van der Waals surface area contributed by atoms with Gasteiger partial charge in [0.05, 0.1) is 25.9 Å². The second-order valence-corrected chi connectivity index (χ2v) is 13.3. The minimum atomic E-state index is -1.58. The lowest BCUT2D eigenvalue weighted by Crippen LogP contribution is -2.74. The topological polar surface area (TPSA) is 170 Å². The van der Waals surface area contributed by atoms with Gasteiger partial charge in [0, 0.05) is 37.2 Å². The Kier molecular flexibility index (Phi) is 8.60. The van der Waals surface area contributed by atoms with Gasteiger partial charge in [-0.05, 0) is 36.2 Å². The van der Waals surface area contributed by atoms with E-state index in [0.717, 1.165) is 0 Å². The molecule has 2 aliphatic heterocycles. The molecule has 0 aromatic carbocycles. The van der Waals surface area contributed by atoms with E-state index >= 15 is 0 Å². The standard InChI is InChI=1S/C30H46O12/c1-12-8-17(37-6)27(36)30(5)15(12)9-19-29(4)16(13(2)24(38-7)25(26(29)30)39-14(3)32)10-20(41-19)42-28-23(35)22(34)21(33)18(11-31)40-28/h8,12-13,15-16,18-26,28,31,33-35H,9-11H2,1-7H3/t12-,13-,15+,16+,18+,19-,20+,21+,22-,23+,24+,25-,26+,28-,29-,30+/m1/s1. The van der Waals surface area contributed by atoms with Crippen molar-refractivity contribution in [1.82, 2.24) is 0 Å². The third-order valence-corrected chi connectivity index (χ3v) is 11.3. The maximum atomic E-state index is 14.2. The smallest absolute Gasteiger partial charge is 0.303 e. The summed E-state index contributed by atoms with van der Waals surface area (Å²) in [6.45, 7) is 8.92. The molecule has 2 saturated carbocycles. The zero-order valence-corrected chi connectivity index (χ0v) is 25.3. The molecule has 0 aromatic heterocycles. The maximum absolute atomic E-state index is 14.2. The van der Waals surface area contributed by atoms with Gasteiger partial charge in [0.1, 0.15) is 30.5 Å². The van der Waals surface area contributed by atoms with Crippen molar-refractivity contribution in [3.05, 3.63) is 11.8 Å². The van der Waals surface area contributed by atoms with Gasteiger partial charge in [-0.1, -0.05) is 27.7 Å². The zero-order valence-electron chi connectivity index (χ0n) is 25.3. The number of fused-ring (bicyclic) bond motifs is 2. The lowest BCUT2D eigenvalue weighted by Gasteiger charge is -2.69. The Morgan fingerprint density at radius 2 is 1.71 bits per heavy atom. The molecule has 0 amide bonds. The molecule has 0 aromatic rings. The van der Waals surface area contributed by atoms with Crippen molar-refractivity contribution in [2.24, 2.45) is 40.4 Å². The molecule has 3 aliphatic carbocycles. The van der Waals surface area contributed by atoms with E-state index in [2.05, 4.69) is 6.92 Å². The van der Waals surface area contributed by atoms with Gasteiger partial charge in [0.15, 0.2) is 18.3 Å². The van der Waals surface area contributed by atoms with Crippen molar-refractivity contribution < 1.29 is 58.4 Å². The van der Waals surface area contributed by atoms with Gasteiger partial charge in [0.2, 0.25) is 5.78 Å². The fraction of sp³-hybridized carbons (Fsp3) is 0.867. The van der Waals surface area contributed by atoms with Crippen LogP contribution in [0.15, 0.2) is 11.8 Å². The first-order chi connectivity index (χ1) is 19.7. The molecule has 12 nitrogen and oxygen atoms in total. The summed E-state index contributed by atoms with van der Waals surface area (Å²) >= 11 is 0. The molecule has 4 N–H and O–H groups in total. The van der Waals surface area contributed by atoms with Gasteiger partial charge in [-0.2, -0.15) is 0 Å². The summed E-state index contributed by atoms with van der Waals surface area (Å²) in [7, 11) is 3.07. The van der Waals surface area contributed by atoms with Gasteiger partial charge in [0.25, 0.3) is 0 Å². The van der Waals surface area contributed by atoms with Gasteiger partial charge >= 0.3 is 5.97 Å². The molecule has 0 spiro atoms. The minimum Gasteiger partial charge on any atom is -0.493 e. The summed E-state index contributed by atoms with van der Waals surface area (Å²) in [5.74, 6) is -1.29. The van der Waals surface area contributed by atoms with Crippen LogP contribution in [0.25, 0.3) is 0 Å². The molecule has 12 heteroatoms. The normalized spacial score (nSPS) is 52.1. The predicted molar refractivity (Wildman–Crippen MR) is 144 cm³/mol. The van der Waals surface area contributed by atoms with Gasteiger partial charge in [-0.15, -0.1) is 0 Å². The van der Waals surface area contributed by atoms with E-state index in [0.29, 0.717) is 18.6 Å². The zero-order chi connectivity index (χ0) is 30.9. The Balaban J connectivity index is 1.56. The third-order valence-electron chi connectivity index (χ3n) is 11.3.